The molecule has 0 fully saturated rings. The molecule has 0 amide bonds. The molecule has 3 heterocycles. The van der Waals surface area contributed by atoms with Crippen LogP contribution < -0.4 is 0 Å². The van der Waals surface area contributed by atoms with Gasteiger partial charge in [0.25, 0.3) is 0 Å². The smallest absolute Gasteiger partial charge is 0.227 e. The lowest BCUT2D eigenvalue weighted by Crippen LogP contribution is -2.02. The molecule has 0 aliphatic heterocycles. The highest BCUT2D eigenvalue weighted by molar-refractivity contribution is 6.13. The minimum Gasteiger partial charge on any atom is -0.438 e. The number of para-hydroxylation sites is 1. The van der Waals surface area contributed by atoms with Crippen molar-refractivity contribution in [2.24, 2.45) is 0 Å². The first kappa shape index (κ1) is 23.7. The zero-order chi connectivity index (χ0) is 28.3. The van der Waals surface area contributed by atoms with Crippen LogP contribution in [0.3, 0.4) is 0 Å². The van der Waals surface area contributed by atoms with Crippen LogP contribution >= 0.6 is 0 Å². The fraction of sp³-hybridized carbons (Fsp3) is 0. The van der Waals surface area contributed by atoms with E-state index in [1.807, 2.05) is 54.6 Å². The maximum Gasteiger partial charge on any atom is 0.227 e. The van der Waals surface area contributed by atoms with Gasteiger partial charge < -0.3 is 4.42 Å². The topological polar surface area (TPSA) is 64.7 Å². The molecule has 3 aromatic heterocycles. The summed E-state index contributed by atoms with van der Waals surface area (Å²) >= 11 is 0. The second-order valence-electron chi connectivity index (χ2n) is 10.7. The Morgan fingerprint density at radius 2 is 0.977 bits per heavy atom. The molecule has 0 radical (unpaired) electrons. The fourth-order valence-corrected chi connectivity index (χ4v) is 6.13. The van der Waals surface area contributed by atoms with Crippen molar-refractivity contribution in [3.05, 3.63) is 133 Å². The Labute approximate surface area is 246 Å². The fourth-order valence-electron chi connectivity index (χ4n) is 6.13. The number of aromatic nitrogens is 4. The van der Waals surface area contributed by atoms with Gasteiger partial charge >= 0.3 is 0 Å². The molecule has 43 heavy (non-hydrogen) atoms. The first-order valence-corrected chi connectivity index (χ1v) is 14.2. The van der Waals surface area contributed by atoms with Crippen LogP contribution in [0.2, 0.25) is 0 Å². The van der Waals surface area contributed by atoms with Gasteiger partial charge in [-0.25, -0.2) is 19.9 Å². The van der Waals surface area contributed by atoms with Gasteiger partial charge in [-0.1, -0.05) is 115 Å². The highest BCUT2D eigenvalue weighted by Crippen LogP contribution is 2.36. The van der Waals surface area contributed by atoms with Gasteiger partial charge in [0.1, 0.15) is 11.3 Å². The van der Waals surface area contributed by atoms with Crippen molar-refractivity contribution in [1.29, 1.82) is 0 Å². The van der Waals surface area contributed by atoms with Crippen molar-refractivity contribution < 1.29 is 4.42 Å². The van der Waals surface area contributed by atoms with Crippen molar-refractivity contribution >= 4 is 54.4 Å². The van der Waals surface area contributed by atoms with E-state index in [4.69, 9.17) is 24.4 Å². The van der Waals surface area contributed by atoms with Gasteiger partial charge in [0.05, 0.1) is 0 Å². The third-order valence-corrected chi connectivity index (χ3v) is 8.15. The quantitative estimate of drug-likeness (QED) is 0.205. The van der Waals surface area contributed by atoms with Crippen LogP contribution in [-0.2, 0) is 0 Å². The summed E-state index contributed by atoms with van der Waals surface area (Å²) in [5, 5.41) is 8.78. The molecule has 0 saturated carbocycles. The molecule has 0 unspecified atom stereocenters. The van der Waals surface area contributed by atoms with Crippen LogP contribution in [0.15, 0.2) is 138 Å². The molecule has 5 heteroatoms. The van der Waals surface area contributed by atoms with Gasteiger partial charge in [-0.15, -0.1) is 0 Å². The summed E-state index contributed by atoms with van der Waals surface area (Å²) in [5.41, 5.74) is 3.88. The van der Waals surface area contributed by atoms with Gasteiger partial charge in [0.15, 0.2) is 17.5 Å². The summed E-state index contributed by atoms with van der Waals surface area (Å²) in [6, 6.07) is 45.6. The summed E-state index contributed by atoms with van der Waals surface area (Å²) in [6.07, 6.45) is 0. The van der Waals surface area contributed by atoms with Crippen LogP contribution in [0.25, 0.3) is 88.7 Å². The molecule has 0 atom stereocenters. The van der Waals surface area contributed by atoms with E-state index in [9.17, 15) is 0 Å². The Morgan fingerprint density at radius 1 is 0.372 bits per heavy atom. The normalized spacial score (nSPS) is 11.7. The van der Waals surface area contributed by atoms with Crippen molar-refractivity contribution in [3.8, 4) is 34.3 Å². The van der Waals surface area contributed by atoms with Crippen LogP contribution in [0, 0.1) is 0 Å². The molecular weight excluding hydrogens is 528 g/mol. The van der Waals surface area contributed by atoms with Gasteiger partial charge in [-0.3, -0.25) is 0 Å². The Bertz CT molecular complexity index is 2530. The highest BCUT2D eigenvalue weighted by atomic mass is 16.3. The van der Waals surface area contributed by atoms with Gasteiger partial charge in [-0.2, -0.15) is 0 Å². The monoisotopic (exact) mass is 550 g/mol. The van der Waals surface area contributed by atoms with E-state index >= 15 is 0 Å². The molecule has 0 N–H and O–H groups in total. The van der Waals surface area contributed by atoms with Crippen molar-refractivity contribution in [3.63, 3.8) is 0 Å². The summed E-state index contributed by atoms with van der Waals surface area (Å²) in [4.78, 5) is 20.1. The number of hydrogen-bond donors (Lipinski definition) is 0. The van der Waals surface area contributed by atoms with Crippen molar-refractivity contribution in [2.75, 3.05) is 0 Å². The van der Waals surface area contributed by atoms with Gasteiger partial charge in [-0.05, 0) is 45.1 Å². The van der Waals surface area contributed by atoms with E-state index in [0.717, 1.165) is 54.4 Å². The Hall–Kier alpha value is -5.94. The zero-order valence-corrected chi connectivity index (χ0v) is 22.9. The lowest BCUT2D eigenvalue weighted by molar-refractivity contribution is 0.654. The lowest BCUT2D eigenvalue weighted by Gasteiger charge is -2.12. The largest absolute Gasteiger partial charge is 0.438 e. The highest BCUT2D eigenvalue weighted by Gasteiger charge is 2.18. The summed E-state index contributed by atoms with van der Waals surface area (Å²) in [6.45, 7) is 0. The van der Waals surface area contributed by atoms with E-state index in [0.29, 0.717) is 28.9 Å². The number of furan rings is 1. The first-order valence-electron chi connectivity index (χ1n) is 14.2. The van der Waals surface area contributed by atoms with Gasteiger partial charge in [0, 0.05) is 27.3 Å². The molecule has 200 valence electrons. The Morgan fingerprint density at radius 3 is 1.84 bits per heavy atom. The summed E-state index contributed by atoms with van der Waals surface area (Å²) in [7, 11) is 0. The molecule has 9 aromatic rings. The molecule has 5 nitrogen and oxygen atoms in total. The number of benzene rings is 6. The van der Waals surface area contributed by atoms with E-state index in [1.54, 1.807) is 0 Å². The number of hydrogen-bond acceptors (Lipinski definition) is 5. The third kappa shape index (κ3) is 3.79. The molecule has 9 rings (SSSR count). The Kier molecular flexibility index (Phi) is 5.13. The molecule has 6 aromatic carbocycles. The zero-order valence-electron chi connectivity index (χ0n) is 22.9. The standard InChI is InChI=1S/C38H22N4O/c1-3-13-26-23(9-1)11-7-16-29(26)35-40-36(31-17-8-12-25-20-19-24-10-2-4-14-27(24)34(25)31)42-37(41-35)32-22-21-30-28-15-5-6-18-33(28)43-38(30)39-32/h1-22H. The molecule has 0 aliphatic rings. The number of rotatable bonds is 3. The van der Waals surface area contributed by atoms with E-state index in [1.165, 1.54) is 5.39 Å². The number of nitrogens with zero attached hydrogens (tertiary/aromatic N) is 4. The van der Waals surface area contributed by atoms with Crippen LogP contribution in [0.5, 0.6) is 0 Å². The Balaban J connectivity index is 1.34. The number of fused-ring (bicyclic) bond motifs is 7. The average Bonchev–Trinajstić information content (AvgIpc) is 3.45. The third-order valence-electron chi connectivity index (χ3n) is 8.15. The predicted molar refractivity (Wildman–Crippen MR) is 174 cm³/mol. The molecule has 0 aliphatic carbocycles. The first-order chi connectivity index (χ1) is 21.3. The molecular formula is C38H22N4O. The minimum absolute atomic E-state index is 0.493. The van der Waals surface area contributed by atoms with Crippen molar-refractivity contribution in [2.45, 2.75) is 0 Å². The maximum atomic E-state index is 6.13. The van der Waals surface area contributed by atoms with E-state index in [-0.39, 0.29) is 0 Å². The minimum atomic E-state index is 0.493. The maximum absolute atomic E-state index is 6.13. The number of pyridine rings is 1. The molecule has 0 bridgehead atoms. The molecule has 0 spiro atoms. The van der Waals surface area contributed by atoms with Crippen molar-refractivity contribution in [1.82, 2.24) is 19.9 Å². The van der Waals surface area contributed by atoms with Gasteiger partial charge in [0.2, 0.25) is 5.71 Å². The average molecular weight is 551 g/mol. The molecule has 0 saturated heterocycles. The predicted octanol–water partition coefficient (Wildman–Crippen LogP) is 9.63. The SMILES string of the molecule is c1ccc2c(-c3nc(-c4ccc5c(n4)oc4ccccc45)nc(-c4cccc5ccc6ccccc6c45)n3)cccc2c1. The van der Waals surface area contributed by atoms with Crippen LogP contribution in [0.4, 0.5) is 0 Å². The van der Waals surface area contributed by atoms with E-state index in [2.05, 4.69) is 78.9 Å². The second kappa shape index (κ2) is 9.29. The van der Waals surface area contributed by atoms with E-state index < -0.39 is 0 Å². The van der Waals surface area contributed by atoms with Crippen LogP contribution in [0.1, 0.15) is 0 Å². The summed E-state index contributed by atoms with van der Waals surface area (Å²) < 4.78 is 6.13. The second-order valence-corrected chi connectivity index (χ2v) is 10.7. The van der Waals surface area contributed by atoms with Crippen LogP contribution in [-0.4, -0.2) is 19.9 Å². The summed E-state index contributed by atoms with van der Waals surface area (Å²) in [5.74, 6) is 1.69. The lowest BCUT2D eigenvalue weighted by atomic mass is 9.97.